The summed E-state index contributed by atoms with van der Waals surface area (Å²) >= 11 is 1.21. The van der Waals surface area contributed by atoms with Gasteiger partial charge >= 0.3 is 0 Å². The number of nitrogens with one attached hydrogen (secondary N) is 1. The first-order valence-electron chi connectivity index (χ1n) is 10.4. The van der Waals surface area contributed by atoms with E-state index in [4.69, 9.17) is 14.3 Å². The van der Waals surface area contributed by atoms with E-state index in [0.29, 0.717) is 60.4 Å². The zero-order valence-corrected chi connectivity index (χ0v) is 18.9. The quantitative estimate of drug-likeness (QED) is 0.706. The number of sulfonamides is 1. The van der Waals surface area contributed by atoms with Crippen molar-refractivity contribution in [2.45, 2.75) is 35.2 Å². The molecule has 5 rings (SSSR count). The minimum Gasteiger partial charge on any atom is -0.486 e. The van der Waals surface area contributed by atoms with Crippen LogP contribution in [-0.2, 0) is 19.7 Å². The number of hydrogen-bond acceptors (Lipinski definition) is 8. The third kappa shape index (κ3) is 4.07. The third-order valence-corrected chi connectivity index (χ3v) is 9.15. The highest BCUT2D eigenvalue weighted by atomic mass is 32.2. The van der Waals surface area contributed by atoms with Gasteiger partial charge in [0.15, 0.2) is 11.5 Å². The number of amides is 1. The van der Waals surface area contributed by atoms with Gasteiger partial charge in [-0.05, 0) is 23.6 Å². The molecule has 11 heteroatoms. The summed E-state index contributed by atoms with van der Waals surface area (Å²) in [5.41, 5.74) is -0.311. The molecule has 0 radical (unpaired) electrons. The second kappa shape index (κ2) is 8.38. The highest BCUT2D eigenvalue weighted by molar-refractivity contribution is 7.91. The van der Waals surface area contributed by atoms with Crippen molar-refractivity contribution < 1.29 is 27.5 Å². The molecule has 4 heterocycles. The number of benzene rings is 1. The van der Waals surface area contributed by atoms with Gasteiger partial charge in [-0.3, -0.25) is 4.79 Å². The highest BCUT2D eigenvalue weighted by Gasteiger charge is 2.46. The number of oxime groups is 1. The number of piperidine rings is 1. The van der Waals surface area contributed by atoms with E-state index in [0.717, 1.165) is 0 Å². The number of thiophene rings is 1. The molecule has 3 aliphatic heterocycles. The van der Waals surface area contributed by atoms with Crippen LogP contribution in [0.2, 0.25) is 0 Å². The number of fused-ring (bicyclic) bond motifs is 1. The molecule has 0 saturated carbocycles. The molecule has 1 atom stereocenters. The SMILES string of the molecule is O=C(NCC1COc2ccccc2O1)C1=NOC2(CCN(S(=O)(=O)c3cccs3)CC2)C1. The number of hydrogen-bond donors (Lipinski definition) is 1. The maximum Gasteiger partial charge on any atom is 0.269 e. The van der Waals surface area contributed by atoms with Crippen LogP contribution in [0.1, 0.15) is 19.3 Å². The molecule has 1 fully saturated rings. The Morgan fingerprint density at radius 1 is 1.19 bits per heavy atom. The zero-order chi connectivity index (χ0) is 22.2. The first kappa shape index (κ1) is 21.2. The van der Waals surface area contributed by atoms with Crippen molar-refractivity contribution in [3.05, 3.63) is 41.8 Å². The molecule has 0 bridgehead atoms. The largest absolute Gasteiger partial charge is 0.486 e. The molecule has 1 aromatic heterocycles. The van der Waals surface area contributed by atoms with E-state index in [9.17, 15) is 13.2 Å². The summed E-state index contributed by atoms with van der Waals surface area (Å²) in [6.07, 6.45) is 1.02. The molecule has 1 N–H and O–H groups in total. The Kier molecular flexibility index (Phi) is 5.56. The topological polar surface area (TPSA) is 107 Å². The lowest BCUT2D eigenvalue weighted by molar-refractivity contribution is -0.115. The molecular weight excluding hydrogens is 454 g/mol. The van der Waals surface area contributed by atoms with Gasteiger partial charge < -0.3 is 19.6 Å². The molecule has 1 amide bonds. The Morgan fingerprint density at radius 2 is 1.97 bits per heavy atom. The summed E-state index contributed by atoms with van der Waals surface area (Å²) in [6, 6.07) is 10.7. The average Bonchev–Trinajstić information content (AvgIpc) is 3.49. The molecule has 1 aromatic carbocycles. The van der Waals surface area contributed by atoms with E-state index in [1.807, 2.05) is 24.3 Å². The number of ether oxygens (including phenoxy) is 2. The van der Waals surface area contributed by atoms with Gasteiger partial charge in [-0.25, -0.2) is 8.42 Å². The van der Waals surface area contributed by atoms with Gasteiger partial charge in [0.1, 0.15) is 28.2 Å². The van der Waals surface area contributed by atoms with Gasteiger partial charge in [0, 0.05) is 32.4 Å². The maximum absolute atomic E-state index is 12.7. The summed E-state index contributed by atoms with van der Waals surface area (Å²) in [7, 11) is -3.48. The third-order valence-electron chi connectivity index (χ3n) is 5.88. The molecule has 2 aromatic rings. The Labute approximate surface area is 190 Å². The van der Waals surface area contributed by atoms with Gasteiger partial charge in [-0.15, -0.1) is 11.3 Å². The van der Waals surface area contributed by atoms with E-state index in [2.05, 4.69) is 10.5 Å². The molecule has 1 spiro atoms. The van der Waals surface area contributed by atoms with E-state index >= 15 is 0 Å². The lowest BCUT2D eigenvalue weighted by atomic mass is 9.87. The smallest absolute Gasteiger partial charge is 0.269 e. The predicted octanol–water partition coefficient (Wildman–Crippen LogP) is 2.00. The number of carbonyl (C=O) groups is 1. The first-order valence-corrected chi connectivity index (χ1v) is 12.7. The van der Waals surface area contributed by atoms with Crippen LogP contribution >= 0.6 is 11.3 Å². The van der Waals surface area contributed by atoms with Gasteiger partial charge in [-0.1, -0.05) is 23.4 Å². The molecule has 3 aliphatic rings. The summed E-state index contributed by atoms with van der Waals surface area (Å²) < 4.78 is 38.8. The Balaban J connectivity index is 1.12. The average molecular weight is 478 g/mol. The van der Waals surface area contributed by atoms with Crippen molar-refractivity contribution in [2.75, 3.05) is 26.2 Å². The fourth-order valence-electron chi connectivity index (χ4n) is 4.06. The minimum atomic E-state index is -3.48. The molecule has 9 nitrogen and oxygen atoms in total. The van der Waals surface area contributed by atoms with Crippen molar-refractivity contribution in [2.24, 2.45) is 5.16 Å². The minimum absolute atomic E-state index is 0.284. The van der Waals surface area contributed by atoms with E-state index in [-0.39, 0.29) is 18.6 Å². The van der Waals surface area contributed by atoms with Crippen LogP contribution in [-0.4, -0.2) is 62.3 Å². The zero-order valence-electron chi connectivity index (χ0n) is 17.2. The van der Waals surface area contributed by atoms with Crippen LogP contribution in [0.25, 0.3) is 0 Å². The monoisotopic (exact) mass is 477 g/mol. The van der Waals surface area contributed by atoms with Gasteiger partial charge in [0.25, 0.3) is 15.9 Å². The molecular formula is C21H23N3O6S2. The summed E-state index contributed by atoms with van der Waals surface area (Å²) in [6.45, 7) is 1.29. The summed E-state index contributed by atoms with van der Waals surface area (Å²) in [4.78, 5) is 18.3. The van der Waals surface area contributed by atoms with Crippen LogP contribution < -0.4 is 14.8 Å². The van der Waals surface area contributed by atoms with Crippen LogP contribution in [0.15, 0.2) is 51.1 Å². The van der Waals surface area contributed by atoms with Crippen LogP contribution in [0.5, 0.6) is 11.5 Å². The number of nitrogens with zero attached hydrogens (tertiary/aromatic N) is 2. The molecule has 0 aliphatic carbocycles. The Morgan fingerprint density at radius 3 is 2.72 bits per heavy atom. The van der Waals surface area contributed by atoms with Gasteiger partial charge in [0.05, 0.1) is 6.54 Å². The Bertz CT molecular complexity index is 1120. The van der Waals surface area contributed by atoms with E-state index in [1.165, 1.54) is 15.6 Å². The molecule has 32 heavy (non-hydrogen) atoms. The van der Waals surface area contributed by atoms with Crippen LogP contribution in [0.3, 0.4) is 0 Å². The molecule has 1 unspecified atom stereocenters. The van der Waals surface area contributed by atoms with Crippen molar-refractivity contribution in [1.82, 2.24) is 9.62 Å². The fraction of sp³-hybridized carbons (Fsp3) is 0.429. The van der Waals surface area contributed by atoms with Crippen molar-refractivity contribution in [3.63, 3.8) is 0 Å². The van der Waals surface area contributed by atoms with Gasteiger partial charge in [0.2, 0.25) is 0 Å². The van der Waals surface area contributed by atoms with Crippen LogP contribution in [0, 0.1) is 0 Å². The number of carbonyl (C=O) groups excluding carboxylic acids is 1. The van der Waals surface area contributed by atoms with E-state index in [1.54, 1.807) is 17.5 Å². The lowest BCUT2D eigenvalue weighted by Crippen LogP contribution is -2.47. The predicted molar refractivity (Wildman–Crippen MR) is 118 cm³/mol. The first-order chi connectivity index (χ1) is 15.5. The van der Waals surface area contributed by atoms with Crippen molar-refractivity contribution in [3.8, 4) is 11.5 Å². The van der Waals surface area contributed by atoms with Crippen molar-refractivity contribution >= 4 is 33.0 Å². The number of rotatable bonds is 5. The standard InChI is InChI=1S/C21H23N3O6S2/c25-20(22-13-15-14-28-17-4-1-2-5-18(17)29-15)16-12-21(30-23-16)7-9-24(10-8-21)32(26,27)19-6-3-11-31-19/h1-6,11,15H,7-10,12-14H2,(H,22,25). The number of para-hydroxylation sites is 2. The second-order valence-electron chi connectivity index (χ2n) is 8.03. The van der Waals surface area contributed by atoms with Crippen LogP contribution in [0.4, 0.5) is 0 Å². The highest BCUT2D eigenvalue weighted by Crippen LogP contribution is 2.37. The Hall–Kier alpha value is -2.63. The van der Waals surface area contributed by atoms with Crippen molar-refractivity contribution in [1.29, 1.82) is 0 Å². The molecule has 1 saturated heterocycles. The summed E-state index contributed by atoms with van der Waals surface area (Å²) in [5, 5.41) is 8.61. The van der Waals surface area contributed by atoms with Gasteiger partial charge in [-0.2, -0.15) is 4.31 Å². The fourth-order valence-corrected chi connectivity index (χ4v) is 6.64. The second-order valence-corrected chi connectivity index (χ2v) is 11.1. The normalized spacial score (nSPS) is 22.2. The molecule has 170 valence electrons. The van der Waals surface area contributed by atoms with E-state index < -0.39 is 15.6 Å². The summed E-state index contributed by atoms with van der Waals surface area (Å²) in [5.74, 6) is 1.04. The maximum atomic E-state index is 12.7. The lowest BCUT2D eigenvalue weighted by Gasteiger charge is -2.36.